The maximum atomic E-state index is 5.16. The van der Waals surface area contributed by atoms with Crippen LogP contribution in [0.3, 0.4) is 0 Å². The topological polar surface area (TPSA) is 24.1 Å². The molecule has 0 aliphatic carbocycles. The van der Waals surface area contributed by atoms with Crippen molar-refractivity contribution in [2.75, 3.05) is 7.05 Å². The van der Waals surface area contributed by atoms with Crippen molar-refractivity contribution in [2.24, 2.45) is 0 Å². The van der Waals surface area contributed by atoms with E-state index in [1.807, 2.05) is 31.3 Å². The molecule has 0 unspecified atom stereocenters. The van der Waals surface area contributed by atoms with Crippen molar-refractivity contribution >= 4 is 22.9 Å². The molecule has 0 aromatic heterocycles. The van der Waals surface area contributed by atoms with Gasteiger partial charge in [0.05, 0.1) is 0 Å². The summed E-state index contributed by atoms with van der Waals surface area (Å²) in [5.41, 5.74) is 2.20. The first kappa shape index (κ1) is 12.7. The molecule has 3 heteroatoms. The number of hydrogen-bond donors (Lipinski definition) is 2. The van der Waals surface area contributed by atoms with Crippen LogP contribution in [0.5, 0.6) is 0 Å². The summed E-state index contributed by atoms with van der Waals surface area (Å²) in [6.07, 6.45) is 1.95. The highest BCUT2D eigenvalue weighted by Crippen LogP contribution is 2.11. The fraction of sp³-hybridized carbons (Fsp3) is 0.308. The van der Waals surface area contributed by atoms with E-state index in [-0.39, 0.29) is 0 Å². The van der Waals surface area contributed by atoms with E-state index in [0.717, 1.165) is 16.2 Å². The highest BCUT2D eigenvalue weighted by Gasteiger charge is 2.03. The molecule has 1 aromatic rings. The molecule has 0 saturated heterocycles. The number of nitrogens with one attached hydrogen (secondary N) is 2. The Balaban J connectivity index is 2.96. The molecule has 0 heterocycles. The van der Waals surface area contributed by atoms with Gasteiger partial charge in [-0.3, -0.25) is 0 Å². The van der Waals surface area contributed by atoms with Gasteiger partial charge in [-0.1, -0.05) is 42.5 Å². The molecule has 0 spiro atoms. The molecular weight excluding hydrogens is 216 g/mol. The van der Waals surface area contributed by atoms with Gasteiger partial charge in [0.1, 0.15) is 4.99 Å². The van der Waals surface area contributed by atoms with E-state index in [9.17, 15) is 0 Å². The largest absolute Gasteiger partial charge is 0.382 e. The van der Waals surface area contributed by atoms with Crippen LogP contribution in [-0.2, 0) is 0 Å². The minimum atomic E-state index is 0.381. The summed E-state index contributed by atoms with van der Waals surface area (Å²) < 4.78 is 0. The number of likely N-dealkylation sites (N-methyl/N-ethyl adjacent to an activating group) is 1. The predicted molar refractivity (Wildman–Crippen MR) is 74.3 cm³/mol. The zero-order chi connectivity index (χ0) is 12.0. The maximum absolute atomic E-state index is 5.16. The van der Waals surface area contributed by atoms with Crippen LogP contribution in [0, 0.1) is 0 Å². The van der Waals surface area contributed by atoms with Crippen molar-refractivity contribution in [3.63, 3.8) is 0 Å². The molecule has 1 aromatic carbocycles. The average molecular weight is 234 g/mol. The summed E-state index contributed by atoms with van der Waals surface area (Å²) in [6.45, 7) is 4.22. The molecule has 86 valence electrons. The summed E-state index contributed by atoms with van der Waals surface area (Å²) in [5, 5.41) is 6.35. The van der Waals surface area contributed by atoms with E-state index in [2.05, 4.69) is 36.6 Å². The van der Waals surface area contributed by atoms with Gasteiger partial charge >= 0.3 is 0 Å². The number of hydrogen-bond acceptors (Lipinski definition) is 2. The van der Waals surface area contributed by atoms with Gasteiger partial charge in [-0.2, -0.15) is 0 Å². The smallest absolute Gasteiger partial charge is 0.101 e. The Hall–Kier alpha value is -1.35. The normalized spacial score (nSPS) is 11.4. The quantitative estimate of drug-likeness (QED) is 0.618. The second kappa shape index (κ2) is 6.28. The first-order valence-electron chi connectivity index (χ1n) is 5.39. The molecule has 1 rings (SSSR count). The zero-order valence-corrected chi connectivity index (χ0v) is 10.8. The molecule has 0 radical (unpaired) electrons. The Morgan fingerprint density at radius 3 is 2.38 bits per heavy atom. The highest BCUT2D eigenvalue weighted by atomic mass is 32.1. The average Bonchev–Trinajstić information content (AvgIpc) is 2.28. The maximum Gasteiger partial charge on any atom is 0.101 e. The lowest BCUT2D eigenvalue weighted by atomic mass is 10.1. The van der Waals surface area contributed by atoms with Crippen molar-refractivity contribution in [1.82, 2.24) is 10.6 Å². The lowest BCUT2D eigenvalue weighted by Gasteiger charge is -2.15. The lowest BCUT2D eigenvalue weighted by molar-refractivity contribution is 0.717. The van der Waals surface area contributed by atoms with Crippen LogP contribution in [0.15, 0.2) is 36.4 Å². The molecule has 0 bridgehead atoms. The van der Waals surface area contributed by atoms with Gasteiger partial charge in [-0.25, -0.2) is 0 Å². The Morgan fingerprint density at radius 2 is 1.88 bits per heavy atom. The van der Waals surface area contributed by atoms with E-state index < -0.39 is 0 Å². The monoisotopic (exact) mass is 234 g/mol. The first-order valence-corrected chi connectivity index (χ1v) is 5.79. The van der Waals surface area contributed by atoms with Crippen molar-refractivity contribution in [2.45, 2.75) is 19.9 Å². The summed E-state index contributed by atoms with van der Waals surface area (Å²) in [4.78, 5) is 0.729. The fourth-order valence-electron chi connectivity index (χ4n) is 1.34. The van der Waals surface area contributed by atoms with Crippen LogP contribution in [0.1, 0.15) is 19.4 Å². The molecular formula is C13H18N2S. The van der Waals surface area contributed by atoms with Gasteiger partial charge in [0, 0.05) is 18.8 Å². The van der Waals surface area contributed by atoms with Gasteiger partial charge in [0.2, 0.25) is 0 Å². The van der Waals surface area contributed by atoms with Crippen molar-refractivity contribution in [3.05, 3.63) is 42.0 Å². The fourth-order valence-corrected chi connectivity index (χ4v) is 1.46. The van der Waals surface area contributed by atoms with E-state index in [1.54, 1.807) is 0 Å². The van der Waals surface area contributed by atoms with Crippen LogP contribution in [0.25, 0.3) is 5.70 Å². The van der Waals surface area contributed by atoms with Crippen LogP contribution in [0.4, 0.5) is 0 Å². The third kappa shape index (κ3) is 4.03. The summed E-state index contributed by atoms with van der Waals surface area (Å²) in [7, 11) is 1.83. The standard InChI is InChI=1S/C13H18N2S/c1-10(2)15-12(9-13(16)14-3)11-7-5-4-6-8-11/h4-10,15H,1-3H3,(H,14,16). The molecule has 0 saturated carbocycles. The predicted octanol–water partition coefficient (Wildman–Crippen LogP) is 2.57. The van der Waals surface area contributed by atoms with Crippen LogP contribution < -0.4 is 10.6 Å². The third-order valence-electron chi connectivity index (χ3n) is 2.05. The summed E-state index contributed by atoms with van der Waals surface area (Å²) in [6, 6.07) is 10.6. The van der Waals surface area contributed by atoms with Gasteiger partial charge in [0.15, 0.2) is 0 Å². The molecule has 16 heavy (non-hydrogen) atoms. The number of rotatable bonds is 4. The Kier molecular flexibility index (Phi) is 4.99. The highest BCUT2D eigenvalue weighted by molar-refractivity contribution is 7.80. The van der Waals surface area contributed by atoms with Gasteiger partial charge in [-0.15, -0.1) is 0 Å². The molecule has 0 amide bonds. The zero-order valence-electron chi connectivity index (χ0n) is 9.95. The van der Waals surface area contributed by atoms with Crippen LogP contribution in [0.2, 0.25) is 0 Å². The molecule has 0 aliphatic rings. The minimum Gasteiger partial charge on any atom is -0.382 e. The van der Waals surface area contributed by atoms with Crippen molar-refractivity contribution in [1.29, 1.82) is 0 Å². The summed E-state index contributed by atoms with van der Waals surface area (Å²) >= 11 is 5.16. The molecule has 0 fully saturated rings. The van der Waals surface area contributed by atoms with Gasteiger partial charge in [-0.05, 0) is 25.5 Å². The Morgan fingerprint density at radius 1 is 1.25 bits per heavy atom. The number of benzene rings is 1. The molecule has 0 atom stereocenters. The molecule has 2 nitrogen and oxygen atoms in total. The van der Waals surface area contributed by atoms with E-state index in [1.165, 1.54) is 0 Å². The van der Waals surface area contributed by atoms with E-state index >= 15 is 0 Å². The van der Waals surface area contributed by atoms with Gasteiger partial charge in [0.25, 0.3) is 0 Å². The van der Waals surface area contributed by atoms with E-state index in [4.69, 9.17) is 12.2 Å². The number of thiocarbonyl (C=S) groups is 1. The lowest BCUT2D eigenvalue weighted by Crippen LogP contribution is -2.23. The Bertz CT molecular complexity index is 369. The second-order valence-electron chi connectivity index (χ2n) is 3.84. The molecule has 0 aliphatic heterocycles. The van der Waals surface area contributed by atoms with Crippen molar-refractivity contribution < 1.29 is 0 Å². The van der Waals surface area contributed by atoms with Gasteiger partial charge < -0.3 is 10.6 Å². The minimum absolute atomic E-state index is 0.381. The van der Waals surface area contributed by atoms with Crippen LogP contribution in [-0.4, -0.2) is 18.1 Å². The Labute approximate surface area is 103 Å². The van der Waals surface area contributed by atoms with Crippen molar-refractivity contribution in [3.8, 4) is 0 Å². The summed E-state index contributed by atoms with van der Waals surface area (Å²) in [5.74, 6) is 0. The second-order valence-corrected chi connectivity index (χ2v) is 4.28. The molecule has 2 N–H and O–H groups in total. The third-order valence-corrected chi connectivity index (χ3v) is 2.37. The SMILES string of the molecule is CNC(=S)C=C(NC(C)C)c1ccccc1. The first-order chi connectivity index (χ1) is 7.63. The van der Waals surface area contributed by atoms with E-state index in [0.29, 0.717) is 6.04 Å². The van der Waals surface area contributed by atoms with Crippen LogP contribution >= 0.6 is 12.2 Å².